The summed E-state index contributed by atoms with van der Waals surface area (Å²) in [6.45, 7) is 2.34. The molecule has 1 unspecified atom stereocenters. The maximum Gasteiger partial charge on any atom is 0.193 e. The highest BCUT2D eigenvalue weighted by atomic mass is 32.2. The van der Waals surface area contributed by atoms with Gasteiger partial charge in [0.2, 0.25) is 0 Å². The van der Waals surface area contributed by atoms with Gasteiger partial charge in [0.05, 0.1) is 24.1 Å². The van der Waals surface area contributed by atoms with Crippen molar-refractivity contribution in [1.82, 2.24) is 19.7 Å². The molecule has 0 N–H and O–H groups in total. The molecule has 3 aromatic rings. The van der Waals surface area contributed by atoms with Crippen molar-refractivity contribution in [2.24, 2.45) is 0 Å². The Labute approximate surface area is 131 Å². The molecule has 0 aliphatic heterocycles. The number of hydrogen-bond acceptors (Lipinski definition) is 6. The van der Waals surface area contributed by atoms with Crippen LogP contribution in [0.4, 0.5) is 0 Å². The number of nitriles is 1. The monoisotopic (exact) mass is 311 g/mol. The van der Waals surface area contributed by atoms with E-state index in [0.717, 1.165) is 11.3 Å². The average Bonchev–Trinajstić information content (AvgIpc) is 3.19. The SMILES string of the molecule is CC(C#N)Sc1nnc(-c2cccnc2)n1Cc1ccco1. The van der Waals surface area contributed by atoms with Gasteiger partial charge in [-0.3, -0.25) is 9.55 Å². The van der Waals surface area contributed by atoms with E-state index in [4.69, 9.17) is 9.68 Å². The average molecular weight is 311 g/mol. The van der Waals surface area contributed by atoms with Crippen molar-refractivity contribution in [3.8, 4) is 17.5 Å². The Balaban J connectivity index is 2.01. The van der Waals surface area contributed by atoms with E-state index in [-0.39, 0.29) is 5.25 Å². The molecule has 0 spiro atoms. The smallest absolute Gasteiger partial charge is 0.193 e. The van der Waals surface area contributed by atoms with Crippen molar-refractivity contribution in [3.63, 3.8) is 0 Å². The normalized spacial score (nSPS) is 12.0. The quantitative estimate of drug-likeness (QED) is 0.674. The van der Waals surface area contributed by atoms with E-state index in [1.54, 1.807) is 18.7 Å². The molecule has 3 rings (SSSR count). The molecule has 0 saturated carbocycles. The molecule has 3 aromatic heterocycles. The highest BCUT2D eigenvalue weighted by Crippen LogP contribution is 2.27. The lowest BCUT2D eigenvalue weighted by Crippen LogP contribution is -2.05. The van der Waals surface area contributed by atoms with Crippen LogP contribution in [0.1, 0.15) is 12.7 Å². The lowest BCUT2D eigenvalue weighted by molar-refractivity contribution is 0.485. The van der Waals surface area contributed by atoms with Crippen molar-refractivity contribution >= 4 is 11.8 Å². The number of aromatic nitrogens is 4. The number of furan rings is 1. The van der Waals surface area contributed by atoms with E-state index in [0.29, 0.717) is 17.5 Å². The van der Waals surface area contributed by atoms with E-state index in [2.05, 4.69) is 21.3 Å². The van der Waals surface area contributed by atoms with Crippen molar-refractivity contribution in [2.45, 2.75) is 23.9 Å². The fraction of sp³-hybridized carbons (Fsp3) is 0.200. The molecule has 0 aromatic carbocycles. The Morgan fingerprint density at radius 1 is 1.36 bits per heavy atom. The summed E-state index contributed by atoms with van der Waals surface area (Å²) in [6, 6.07) is 9.72. The number of pyridine rings is 1. The molecule has 0 fully saturated rings. The van der Waals surface area contributed by atoms with Gasteiger partial charge in [-0.25, -0.2) is 0 Å². The third-order valence-electron chi connectivity index (χ3n) is 2.99. The summed E-state index contributed by atoms with van der Waals surface area (Å²) in [4.78, 5) is 4.12. The Hall–Kier alpha value is -2.59. The van der Waals surface area contributed by atoms with Crippen molar-refractivity contribution in [2.75, 3.05) is 0 Å². The van der Waals surface area contributed by atoms with E-state index >= 15 is 0 Å². The van der Waals surface area contributed by atoms with Crippen LogP contribution in [0.5, 0.6) is 0 Å². The topological polar surface area (TPSA) is 80.5 Å². The lowest BCUT2D eigenvalue weighted by Gasteiger charge is -2.09. The zero-order valence-corrected chi connectivity index (χ0v) is 12.7. The molecular formula is C15H13N5OS. The van der Waals surface area contributed by atoms with Crippen LogP contribution in [0.25, 0.3) is 11.4 Å². The van der Waals surface area contributed by atoms with E-state index in [1.165, 1.54) is 11.8 Å². The minimum absolute atomic E-state index is 0.207. The van der Waals surface area contributed by atoms with Gasteiger partial charge < -0.3 is 4.42 Å². The van der Waals surface area contributed by atoms with Gasteiger partial charge in [0.1, 0.15) is 5.76 Å². The summed E-state index contributed by atoms with van der Waals surface area (Å²) < 4.78 is 7.36. The number of hydrogen-bond donors (Lipinski definition) is 0. The first-order chi connectivity index (χ1) is 10.8. The molecule has 110 valence electrons. The van der Waals surface area contributed by atoms with Crippen LogP contribution in [-0.4, -0.2) is 25.0 Å². The Kier molecular flexibility index (Phi) is 4.21. The molecule has 3 heterocycles. The fourth-order valence-electron chi connectivity index (χ4n) is 1.97. The maximum atomic E-state index is 9.01. The predicted octanol–water partition coefficient (Wildman–Crippen LogP) is 2.99. The third-order valence-corrected chi connectivity index (χ3v) is 3.97. The van der Waals surface area contributed by atoms with Crippen molar-refractivity contribution < 1.29 is 4.42 Å². The van der Waals surface area contributed by atoms with E-state index < -0.39 is 0 Å². The predicted molar refractivity (Wildman–Crippen MR) is 82.0 cm³/mol. The molecule has 0 bridgehead atoms. The van der Waals surface area contributed by atoms with Crippen molar-refractivity contribution in [1.29, 1.82) is 5.26 Å². The van der Waals surface area contributed by atoms with Crippen LogP contribution in [0.3, 0.4) is 0 Å². The highest BCUT2D eigenvalue weighted by molar-refractivity contribution is 8.00. The first-order valence-electron chi connectivity index (χ1n) is 6.70. The summed E-state index contributed by atoms with van der Waals surface area (Å²) in [7, 11) is 0. The number of rotatable bonds is 5. The second-order valence-corrected chi connectivity index (χ2v) is 5.91. The van der Waals surface area contributed by atoms with Crippen molar-refractivity contribution in [3.05, 3.63) is 48.7 Å². The third kappa shape index (κ3) is 3.02. The fourth-order valence-corrected chi connectivity index (χ4v) is 2.71. The van der Waals surface area contributed by atoms with Crippen LogP contribution in [-0.2, 0) is 6.54 Å². The lowest BCUT2D eigenvalue weighted by atomic mass is 10.2. The maximum absolute atomic E-state index is 9.01. The van der Waals surface area contributed by atoms with Crippen LogP contribution >= 0.6 is 11.8 Å². The summed E-state index contributed by atoms with van der Waals surface area (Å²) in [5.41, 5.74) is 0.873. The van der Waals surface area contributed by atoms with Gasteiger partial charge in [-0.15, -0.1) is 10.2 Å². The van der Waals surface area contributed by atoms with Crippen LogP contribution in [0, 0.1) is 11.3 Å². The van der Waals surface area contributed by atoms with Gasteiger partial charge in [0, 0.05) is 18.0 Å². The number of thioether (sulfide) groups is 1. The highest BCUT2D eigenvalue weighted by Gasteiger charge is 2.17. The largest absolute Gasteiger partial charge is 0.467 e. The molecule has 22 heavy (non-hydrogen) atoms. The Morgan fingerprint density at radius 3 is 2.95 bits per heavy atom. The summed E-state index contributed by atoms with van der Waals surface area (Å²) in [5.74, 6) is 1.51. The minimum Gasteiger partial charge on any atom is -0.467 e. The van der Waals surface area contributed by atoms with Crippen LogP contribution in [0.2, 0.25) is 0 Å². The van der Waals surface area contributed by atoms with E-state index in [9.17, 15) is 0 Å². The van der Waals surface area contributed by atoms with Gasteiger partial charge in [-0.05, 0) is 31.2 Å². The first-order valence-corrected chi connectivity index (χ1v) is 7.58. The minimum atomic E-state index is -0.207. The van der Waals surface area contributed by atoms with Gasteiger partial charge in [0.15, 0.2) is 11.0 Å². The first kappa shape index (κ1) is 14.4. The second-order valence-electron chi connectivity index (χ2n) is 4.60. The van der Waals surface area contributed by atoms with Crippen LogP contribution < -0.4 is 0 Å². The molecule has 1 atom stereocenters. The summed E-state index contributed by atoms with van der Waals surface area (Å²) in [5, 5.41) is 18.0. The number of nitrogens with zero attached hydrogens (tertiary/aromatic N) is 5. The zero-order chi connectivity index (χ0) is 15.4. The van der Waals surface area contributed by atoms with Gasteiger partial charge in [-0.2, -0.15) is 5.26 Å². The molecule has 0 aliphatic rings. The van der Waals surface area contributed by atoms with Gasteiger partial charge >= 0.3 is 0 Å². The molecule has 0 radical (unpaired) electrons. The Morgan fingerprint density at radius 2 is 2.27 bits per heavy atom. The molecular weight excluding hydrogens is 298 g/mol. The zero-order valence-electron chi connectivity index (χ0n) is 11.9. The summed E-state index contributed by atoms with van der Waals surface area (Å²) in [6.07, 6.45) is 5.09. The molecule has 7 heteroatoms. The summed E-state index contributed by atoms with van der Waals surface area (Å²) >= 11 is 1.37. The van der Waals surface area contributed by atoms with Gasteiger partial charge in [-0.1, -0.05) is 11.8 Å². The standard InChI is InChI=1S/C15H13N5OS/c1-11(8-16)22-15-19-18-14(12-4-2-6-17-9-12)20(15)10-13-5-3-7-21-13/h2-7,9,11H,10H2,1H3. The molecule has 6 nitrogen and oxygen atoms in total. The molecule has 0 saturated heterocycles. The van der Waals surface area contributed by atoms with Gasteiger partial charge in [0.25, 0.3) is 0 Å². The molecule has 0 aliphatic carbocycles. The molecule has 0 amide bonds. The Bertz CT molecular complexity index is 776. The van der Waals surface area contributed by atoms with Crippen LogP contribution in [0.15, 0.2) is 52.5 Å². The van der Waals surface area contributed by atoms with E-state index in [1.807, 2.05) is 35.8 Å². The second kappa shape index (κ2) is 6.45.